The minimum Gasteiger partial charge on any atom is -0.382 e. The van der Waals surface area contributed by atoms with Crippen LogP contribution >= 0.6 is 8.18 Å². The van der Waals surface area contributed by atoms with Crippen molar-refractivity contribution in [3.8, 4) is 0 Å². The molecule has 0 spiro atoms. The Balaban J connectivity index is 2.44. The van der Waals surface area contributed by atoms with E-state index in [9.17, 15) is 4.57 Å². The molecule has 14 heavy (non-hydrogen) atoms. The maximum Gasteiger partial charge on any atom is 0.613 e. The van der Waals surface area contributed by atoms with Gasteiger partial charge in [0.2, 0.25) is 0 Å². The van der Waals surface area contributed by atoms with Gasteiger partial charge in [-0.15, -0.1) is 4.52 Å². The van der Waals surface area contributed by atoms with Crippen molar-refractivity contribution in [1.82, 2.24) is 5.09 Å². The first kappa shape index (κ1) is 12.1. The number of hydrogen-bond acceptors (Lipinski definition) is 4. The third-order valence-corrected chi connectivity index (χ3v) is 2.93. The van der Waals surface area contributed by atoms with Crippen LogP contribution < -0.4 is 5.09 Å². The van der Waals surface area contributed by atoms with Gasteiger partial charge in [-0.3, -0.25) is 0 Å². The molecule has 2 radical (unpaired) electrons. The van der Waals surface area contributed by atoms with Gasteiger partial charge in [0.05, 0.1) is 25.9 Å². The van der Waals surface area contributed by atoms with Crippen LogP contribution in [0.3, 0.4) is 0 Å². The highest BCUT2D eigenvalue weighted by Gasteiger charge is 2.37. The number of methoxy groups -OCH3 is 1. The summed E-state index contributed by atoms with van der Waals surface area (Å²) in [5.74, 6) is 0. The lowest BCUT2D eigenvalue weighted by atomic mass is 9.95. The molecule has 0 aromatic heterocycles. The maximum absolute atomic E-state index is 11.1. The van der Waals surface area contributed by atoms with Gasteiger partial charge in [-0.25, -0.2) is 0 Å². The minimum absolute atomic E-state index is 0.0755. The van der Waals surface area contributed by atoms with E-state index >= 15 is 0 Å². The second kappa shape index (κ2) is 5.78. The molecule has 78 valence electrons. The molecule has 5 nitrogen and oxygen atoms in total. The zero-order chi connectivity index (χ0) is 10.6. The lowest BCUT2D eigenvalue weighted by Gasteiger charge is -2.13. The first-order valence-corrected chi connectivity index (χ1v) is 5.52. The summed E-state index contributed by atoms with van der Waals surface area (Å²) in [6, 6.07) is -0.401. The third kappa shape index (κ3) is 3.30. The lowest BCUT2D eigenvalue weighted by Crippen LogP contribution is -2.35. The van der Waals surface area contributed by atoms with E-state index in [1.165, 1.54) is 7.11 Å². The number of hydrogen-bond donors (Lipinski definition) is 1. The zero-order valence-electron chi connectivity index (χ0n) is 8.30. The Hall–Kier alpha value is 0.00494. The van der Waals surface area contributed by atoms with Crippen LogP contribution in [0.2, 0.25) is 0 Å². The molecule has 4 unspecified atom stereocenters. The summed E-state index contributed by atoms with van der Waals surface area (Å²) in [4.78, 5) is 0. The fourth-order valence-electron chi connectivity index (χ4n) is 1.42. The van der Waals surface area contributed by atoms with E-state index in [-0.39, 0.29) is 18.1 Å². The Bertz CT molecular complexity index is 206. The van der Waals surface area contributed by atoms with Gasteiger partial charge in [-0.1, -0.05) is 5.09 Å². The molecule has 1 heterocycles. The van der Waals surface area contributed by atoms with Crippen LogP contribution in [0.4, 0.5) is 0 Å². The second-order valence-corrected chi connectivity index (χ2v) is 4.22. The van der Waals surface area contributed by atoms with Crippen molar-refractivity contribution in [3.63, 3.8) is 0 Å². The number of nitrogens with one attached hydrogen (secondary N) is 1. The largest absolute Gasteiger partial charge is 0.613 e. The van der Waals surface area contributed by atoms with E-state index in [0.717, 1.165) is 0 Å². The summed E-state index contributed by atoms with van der Waals surface area (Å²) in [6.45, 7) is 0.429. The third-order valence-electron chi connectivity index (χ3n) is 2.05. The highest BCUT2D eigenvalue weighted by atomic mass is 31.1. The highest BCUT2D eigenvalue weighted by Crippen LogP contribution is 2.25. The molecule has 0 saturated carbocycles. The summed E-state index contributed by atoms with van der Waals surface area (Å²) in [5.41, 5.74) is 0. The molecule has 1 saturated heterocycles. The van der Waals surface area contributed by atoms with E-state index in [2.05, 4.69) is 9.61 Å². The van der Waals surface area contributed by atoms with Gasteiger partial charge in [-0.2, -0.15) is 0 Å². The molecule has 0 bridgehead atoms. The molecule has 1 N–H and O–H groups in total. The fraction of sp³-hybridized carbons (Fsp3) is 1.00. The Kier molecular flexibility index (Phi) is 4.99. The number of ether oxygens (including phenoxy) is 2. The predicted octanol–water partition coefficient (Wildman–Crippen LogP) is 0.178. The lowest BCUT2D eigenvalue weighted by molar-refractivity contribution is 0.0182. The summed E-state index contributed by atoms with van der Waals surface area (Å²) < 4.78 is 26.1. The average Bonchev–Trinajstić information content (AvgIpc) is 2.47. The van der Waals surface area contributed by atoms with Crippen molar-refractivity contribution in [2.75, 3.05) is 20.8 Å². The molecule has 1 aliphatic heterocycles. The second-order valence-electron chi connectivity index (χ2n) is 3.08. The quantitative estimate of drug-likeness (QED) is 0.526. The summed E-state index contributed by atoms with van der Waals surface area (Å²) in [7, 11) is 6.74. The standard InChI is InChI=1S/C7H14BNO4P/c1-11-4-6-5(3-7(8)13-6)9-14(10)12-2/h5-7H,3-4H2,1-2H3,(H,9,10)/q+1. The minimum atomic E-state index is -1.84. The Morgan fingerprint density at radius 1 is 1.64 bits per heavy atom. The maximum atomic E-state index is 11.1. The molecule has 0 aromatic rings. The topological polar surface area (TPSA) is 56.8 Å². The van der Waals surface area contributed by atoms with E-state index in [1.54, 1.807) is 7.11 Å². The fourth-order valence-corrected chi connectivity index (χ4v) is 2.07. The molecule has 1 aliphatic rings. The molecule has 0 aromatic carbocycles. The SMILES string of the molecule is [B]C1CC(N[P+](=O)OC)C(COC)O1. The molecule has 0 aliphatic carbocycles. The van der Waals surface area contributed by atoms with Crippen molar-refractivity contribution in [2.24, 2.45) is 0 Å². The van der Waals surface area contributed by atoms with Crippen LogP contribution in [0.5, 0.6) is 0 Å². The van der Waals surface area contributed by atoms with Gasteiger partial charge in [0.1, 0.15) is 7.85 Å². The molecular weight excluding hydrogens is 204 g/mol. The molecule has 1 rings (SSSR count). The van der Waals surface area contributed by atoms with Gasteiger partial charge >= 0.3 is 8.18 Å². The molecule has 0 amide bonds. The molecule has 7 heteroatoms. The molecule has 4 atom stereocenters. The van der Waals surface area contributed by atoms with Gasteiger partial charge in [0.15, 0.2) is 0 Å². The van der Waals surface area contributed by atoms with Crippen LogP contribution in [-0.4, -0.2) is 46.8 Å². The van der Waals surface area contributed by atoms with Crippen LogP contribution in [-0.2, 0) is 18.6 Å². The molecule has 1 fully saturated rings. The van der Waals surface area contributed by atoms with Crippen molar-refractivity contribution in [3.05, 3.63) is 0 Å². The van der Waals surface area contributed by atoms with E-state index in [0.29, 0.717) is 13.0 Å². The van der Waals surface area contributed by atoms with Gasteiger partial charge in [0.25, 0.3) is 0 Å². The van der Waals surface area contributed by atoms with Crippen LogP contribution in [0.15, 0.2) is 0 Å². The summed E-state index contributed by atoms with van der Waals surface area (Å²) in [6.07, 6.45) is 0.447. The highest BCUT2D eigenvalue weighted by molar-refractivity contribution is 7.36. The summed E-state index contributed by atoms with van der Waals surface area (Å²) in [5, 5.41) is 2.80. The number of rotatable bonds is 5. The van der Waals surface area contributed by atoms with Gasteiger partial charge < -0.3 is 9.47 Å². The van der Waals surface area contributed by atoms with E-state index < -0.39 is 8.18 Å². The first-order chi connectivity index (χ1) is 6.67. The smallest absolute Gasteiger partial charge is 0.382 e. The van der Waals surface area contributed by atoms with Crippen LogP contribution in [0.1, 0.15) is 6.42 Å². The first-order valence-electron chi connectivity index (χ1n) is 4.35. The summed E-state index contributed by atoms with van der Waals surface area (Å²) >= 11 is 0. The Labute approximate surface area is 85.8 Å². The van der Waals surface area contributed by atoms with Crippen molar-refractivity contribution in [2.45, 2.75) is 24.6 Å². The van der Waals surface area contributed by atoms with Crippen molar-refractivity contribution >= 4 is 16.0 Å². The Morgan fingerprint density at radius 2 is 2.36 bits per heavy atom. The normalized spacial score (nSPS) is 33.3. The van der Waals surface area contributed by atoms with Crippen molar-refractivity contribution < 1.29 is 18.6 Å². The average molecular weight is 218 g/mol. The Morgan fingerprint density at radius 3 is 2.93 bits per heavy atom. The van der Waals surface area contributed by atoms with Gasteiger partial charge in [-0.05, 0) is 11.0 Å². The van der Waals surface area contributed by atoms with Crippen LogP contribution in [0, 0.1) is 0 Å². The van der Waals surface area contributed by atoms with Crippen LogP contribution in [0.25, 0.3) is 0 Å². The zero-order valence-corrected chi connectivity index (χ0v) is 9.20. The van der Waals surface area contributed by atoms with Gasteiger partial charge in [0, 0.05) is 13.1 Å². The van der Waals surface area contributed by atoms with Crippen molar-refractivity contribution in [1.29, 1.82) is 0 Å². The molecular formula is C7H14BNO4P+. The van der Waals surface area contributed by atoms with E-state index in [4.69, 9.17) is 17.3 Å². The monoisotopic (exact) mass is 218 g/mol. The predicted molar refractivity (Wildman–Crippen MR) is 52.4 cm³/mol. The van der Waals surface area contributed by atoms with E-state index in [1.807, 2.05) is 0 Å².